The zero-order valence-electron chi connectivity index (χ0n) is 8.74. The van der Waals surface area contributed by atoms with E-state index < -0.39 is 0 Å². The molecule has 0 aliphatic heterocycles. The van der Waals surface area contributed by atoms with E-state index in [1.54, 1.807) is 0 Å². The molecule has 80 valence electrons. The first-order valence-electron chi connectivity index (χ1n) is 4.93. The lowest BCUT2D eigenvalue weighted by molar-refractivity contribution is 0.539. The highest BCUT2D eigenvalue weighted by molar-refractivity contribution is 9.10. The molecular formula is C10H13BrN4. The topological polar surface area (TPSA) is 42.2 Å². The molecule has 0 aliphatic carbocycles. The summed E-state index contributed by atoms with van der Waals surface area (Å²) in [5.74, 6) is 0.955. The van der Waals surface area contributed by atoms with Gasteiger partial charge in [0.05, 0.1) is 6.04 Å². The van der Waals surface area contributed by atoms with Crippen molar-refractivity contribution < 1.29 is 0 Å². The maximum Gasteiger partial charge on any atom is 0.160 e. The number of rotatable bonds is 3. The smallest absolute Gasteiger partial charge is 0.160 e. The second-order valence-corrected chi connectivity index (χ2v) is 4.30. The van der Waals surface area contributed by atoms with E-state index in [0.717, 1.165) is 22.4 Å². The van der Waals surface area contributed by atoms with Crippen LogP contribution in [0.15, 0.2) is 22.8 Å². The molecule has 1 N–H and O–H groups in total. The van der Waals surface area contributed by atoms with Crippen LogP contribution >= 0.6 is 15.9 Å². The molecule has 0 aromatic carbocycles. The Bertz CT molecular complexity index is 461. The van der Waals surface area contributed by atoms with Gasteiger partial charge < -0.3 is 5.32 Å². The third-order valence-corrected chi connectivity index (χ3v) is 2.93. The number of nitrogens with zero attached hydrogens (tertiary/aromatic N) is 3. The van der Waals surface area contributed by atoms with E-state index in [0.29, 0.717) is 0 Å². The summed E-state index contributed by atoms with van der Waals surface area (Å²) in [6, 6.07) is 4.16. The largest absolute Gasteiger partial charge is 0.310 e. The van der Waals surface area contributed by atoms with Crippen molar-refractivity contribution in [3.05, 3.63) is 28.6 Å². The number of aromatic nitrogens is 3. The molecule has 2 aromatic rings. The van der Waals surface area contributed by atoms with Gasteiger partial charge in [0.25, 0.3) is 0 Å². The normalized spacial score (nSPS) is 13.3. The van der Waals surface area contributed by atoms with Gasteiger partial charge in [-0.25, -0.2) is 0 Å². The summed E-state index contributed by atoms with van der Waals surface area (Å²) >= 11 is 3.45. The lowest BCUT2D eigenvalue weighted by Gasteiger charge is -2.11. The summed E-state index contributed by atoms with van der Waals surface area (Å²) in [5, 5.41) is 11.6. The first-order chi connectivity index (χ1) is 7.26. The summed E-state index contributed by atoms with van der Waals surface area (Å²) < 4.78 is 3.04. The molecule has 0 saturated heterocycles. The van der Waals surface area contributed by atoms with Crippen LogP contribution in [0.4, 0.5) is 0 Å². The number of hydrogen-bond donors (Lipinski definition) is 1. The Balaban J connectivity index is 2.55. The Morgan fingerprint density at radius 1 is 1.47 bits per heavy atom. The van der Waals surface area contributed by atoms with Gasteiger partial charge in [-0.15, -0.1) is 10.2 Å². The average molecular weight is 269 g/mol. The Morgan fingerprint density at radius 3 is 2.93 bits per heavy atom. The Labute approximate surface area is 96.8 Å². The Hall–Kier alpha value is -0.940. The number of pyridine rings is 1. The summed E-state index contributed by atoms with van der Waals surface area (Å²) in [7, 11) is 1.94. The molecule has 2 aromatic heterocycles. The summed E-state index contributed by atoms with van der Waals surface area (Å²) in [5.41, 5.74) is 0.877. The Morgan fingerprint density at radius 2 is 2.27 bits per heavy atom. The van der Waals surface area contributed by atoms with Gasteiger partial charge >= 0.3 is 0 Å². The fraction of sp³-hybridized carbons (Fsp3) is 0.400. The van der Waals surface area contributed by atoms with E-state index in [4.69, 9.17) is 0 Å². The zero-order valence-corrected chi connectivity index (χ0v) is 10.3. The number of halogens is 1. The van der Waals surface area contributed by atoms with E-state index in [1.807, 2.05) is 29.8 Å². The van der Waals surface area contributed by atoms with Gasteiger partial charge in [-0.3, -0.25) is 4.40 Å². The van der Waals surface area contributed by atoms with E-state index in [2.05, 4.69) is 38.4 Å². The van der Waals surface area contributed by atoms with Crippen molar-refractivity contribution in [2.75, 3.05) is 7.05 Å². The highest BCUT2D eigenvalue weighted by atomic mass is 79.9. The summed E-state index contributed by atoms with van der Waals surface area (Å²) in [6.45, 7) is 2.13. The minimum absolute atomic E-state index is 0.245. The molecule has 0 saturated carbocycles. The van der Waals surface area contributed by atoms with Crippen LogP contribution < -0.4 is 5.32 Å². The molecule has 0 aliphatic rings. The fourth-order valence-electron chi connectivity index (χ4n) is 1.64. The van der Waals surface area contributed by atoms with Crippen molar-refractivity contribution >= 4 is 21.6 Å². The van der Waals surface area contributed by atoms with Crippen LogP contribution in [0.25, 0.3) is 5.65 Å². The quantitative estimate of drug-likeness (QED) is 0.928. The molecule has 4 nitrogen and oxygen atoms in total. The molecule has 0 spiro atoms. The number of hydrogen-bond acceptors (Lipinski definition) is 3. The molecule has 1 unspecified atom stereocenters. The second-order valence-electron chi connectivity index (χ2n) is 3.38. The van der Waals surface area contributed by atoms with Gasteiger partial charge in [0.2, 0.25) is 0 Å². The van der Waals surface area contributed by atoms with E-state index >= 15 is 0 Å². The van der Waals surface area contributed by atoms with Gasteiger partial charge in [0, 0.05) is 10.7 Å². The Kier molecular flexibility index (Phi) is 3.02. The first-order valence-corrected chi connectivity index (χ1v) is 5.73. The van der Waals surface area contributed by atoms with Gasteiger partial charge in [0.15, 0.2) is 11.5 Å². The minimum atomic E-state index is 0.245. The average Bonchev–Trinajstić information content (AvgIpc) is 2.64. The van der Waals surface area contributed by atoms with Crippen molar-refractivity contribution in [2.24, 2.45) is 0 Å². The van der Waals surface area contributed by atoms with Crippen LogP contribution in [0.3, 0.4) is 0 Å². The highest BCUT2D eigenvalue weighted by Gasteiger charge is 2.13. The summed E-state index contributed by atoms with van der Waals surface area (Å²) in [6.07, 6.45) is 2.98. The van der Waals surface area contributed by atoms with Crippen molar-refractivity contribution in [3.8, 4) is 0 Å². The van der Waals surface area contributed by atoms with Gasteiger partial charge in [-0.1, -0.05) is 6.92 Å². The highest BCUT2D eigenvalue weighted by Crippen LogP contribution is 2.17. The van der Waals surface area contributed by atoms with Crippen LogP contribution in [0.5, 0.6) is 0 Å². The molecule has 5 heteroatoms. The van der Waals surface area contributed by atoms with Crippen molar-refractivity contribution in [1.82, 2.24) is 19.9 Å². The van der Waals surface area contributed by atoms with Crippen LogP contribution in [0.2, 0.25) is 0 Å². The first kappa shape index (κ1) is 10.6. The minimum Gasteiger partial charge on any atom is -0.310 e. The van der Waals surface area contributed by atoms with Crippen LogP contribution in [0.1, 0.15) is 25.2 Å². The van der Waals surface area contributed by atoms with E-state index in [1.165, 1.54) is 0 Å². The predicted octanol–water partition coefficient (Wildman–Crippen LogP) is 2.16. The maximum absolute atomic E-state index is 4.21. The standard InChI is InChI=1S/C10H13BrN4/c1-3-8(12-2)10-14-13-9-5-4-7(11)6-15(9)10/h4-6,8,12H,3H2,1-2H3. The number of nitrogens with one attached hydrogen (secondary N) is 1. The SMILES string of the molecule is CCC(NC)c1nnc2ccc(Br)cn12. The third kappa shape index (κ3) is 1.89. The molecule has 0 radical (unpaired) electrons. The zero-order chi connectivity index (χ0) is 10.8. The molecule has 0 fully saturated rings. The van der Waals surface area contributed by atoms with Crippen molar-refractivity contribution in [1.29, 1.82) is 0 Å². The van der Waals surface area contributed by atoms with Crippen molar-refractivity contribution in [2.45, 2.75) is 19.4 Å². The second kappa shape index (κ2) is 4.28. The molecule has 15 heavy (non-hydrogen) atoms. The van der Waals surface area contributed by atoms with E-state index in [-0.39, 0.29) is 6.04 Å². The van der Waals surface area contributed by atoms with Gasteiger partial charge in [-0.05, 0) is 41.5 Å². The molecule has 2 heterocycles. The summed E-state index contributed by atoms with van der Waals surface area (Å²) in [4.78, 5) is 0. The fourth-order valence-corrected chi connectivity index (χ4v) is 1.97. The molecule has 2 rings (SSSR count). The lowest BCUT2D eigenvalue weighted by Crippen LogP contribution is -2.18. The van der Waals surface area contributed by atoms with Gasteiger partial charge in [-0.2, -0.15) is 0 Å². The predicted molar refractivity (Wildman–Crippen MR) is 62.8 cm³/mol. The maximum atomic E-state index is 4.21. The monoisotopic (exact) mass is 268 g/mol. The molecular weight excluding hydrogens is 256 g/mol. The lowest BCUT2D eigenvalue weighted by atomic mass is 10.2. The third-order valence-electron chi connectivity index (χ3n) is 2.46. The molecule has 1 atom stereocenters. The van der Waals surface area contributed by atoms with Crippen LogP contribution in [-0.2, 0) is 0 Å². The number of fused-ring (bicyclic) bond motifs is 1. The van der Waals surface area contributed by atoms with E-state index in [9.17, 15) is 0 Å². The van der Waals surface area contributed by atoms with Crippen LogP contribution in [0, 0.1) is 0 Å². The molecule has 0 bridgehead atoms. The van der Waals surface area contributed by atoms with Crippen LogP contribution in [-0.4, -0.2) is 21.6 Å². The van der Waals surface area contributed by atoms with Gasteiger partial charge in [0.1, 0.15) is 0 Å². The van der Waals surface area contributed by atoms with Crippen molar-refractivity contribution in [3.63, 3.8) is 0 Å². The molecule has 0 amide bonds.